The van der Waals surface area contributed by atoms with E-state index < -0.39 is 5.97 Å². The summed E-state index contributed by atoms with van der Waals surface area (Å²) < 4.78 is 5.80. The van der Waals surface area contributed by atoms with Gasteiger partial charge in [0.1, 0.15) is 5.82 Å². The summed E-state index contributed by atoms with van der Waals surface area (Å²) in [6.07, 6.45) is 0.0535. The summed E-state index contributed by atoms with van der Waals surface area (Å²) in [5, 5.41) is 12.1. The van der Waals surface area contributed by atoms with E-state index in [1.165, 1.54) is 11.6 Å². The molecule has 6 heteroatoms. The van der Waals surface area contributed by atoms with Gasteiger partial charge in [-0.05, 0) is 17.7 Å². The standard InChI is InChI=1S/C18H21N3O3/c22-18(23)16-7-4-8-17(20-16)19-11-15-13-21(9-10-24-15)12-14-5-2-1-3-6-14/h1-8,15H,9-13H2,(H,19,20)(H,22,23). The monoisotopic (exact) mass is 327 g/mol. The highest BCUT2D eigenvalue weighted by Crippen LogP contribution is 2.12. The van der Waals surface area contributed by atoms with Gasteiger partial charge in [-0.25, -0.2) is 9.78 Å². The molecule has 2 heterocycles. The van der Waals surface area contributed by atoms with Crippen LogP contribution in [0.25, 0.3) is 0 Å². The summed E-state index contributed by atoms with van der Waals surface area (Å²) in [5.74, 6) is -0.472. The number of morpholine rings is 1. The molecule has 126 valence electrons. The third kappa shape index (κ3) is 4.53. The first-order valence-electron chi connectivity index (χ1n) is 8.03. The van der Waals surface area contributed by atoms with Gasteiger partial charge in [0.05, 0.1) is 12.7 Å². The normalized spacial score (nSPS) is 18.2. The number of hydrogen-bond donors (Lipinski definition) is 2. The minimum Gasteiger partial charge on any atom is -0.477 e. The van der Waals surface area contributed by atoms with Crippen molar-refractivity contribution in [3.8, 4) is 0 Å². The Morgan fingerprint density at radius 3 is 2.88 bits per heavy atom. The Morgan fingerprint density at radius 2 is 2.08 bits per heavy atom. The molecule has 0 saturated carbocycles. The molecule has 1 fully saturated rings. The van der Waals surface area contributed by atoms with E-state index in [4.69, 9.17) is 9.84 Å². The third-order valence-corrected chi connectivity index (χ3v) is 3.95. The van der Waals surface area contributed by atoms with Crippen LogP contribution in [0.1, 0.15) is 16.1 Å². The van der Waals surface area contributed by atoms with Crippen LogP contribution in [0, 0.1) is 0 Å². The Morgan fingerprint density at radius 1 is 1.25 bits per heavy atom. The number of aromatic nitrogens is 1. The van der Waals surface area contributed by atoms with Crippen LogP contribution >= 0.6 is 0 Å². The number of rotatable bonds is 6. The van der Waals surface area contributed by atoms with E-state index in [9.17, 15) is 4.79 Å². The third-order valence-electron chi connectivity index (χ3n) is 3.95. The van der Waals surface area contributed by atoms with Crippen LogP contribution in [0.3, 0.4) is 0 Å². The number of anilines is 1. The molecule has 0 bridgehead atoms. The second-order valence-corrected chi connectivity index (χ2v) is 5.81. The second-order valence-electron chi connectivity index (χ2n) is 5.81. The summed E-state index contributed by atoms with van der Waals surface area (Å²) in [5.41, 5.74) is 1.33. The van der Waals surface area contributed by atoms with Gasteiger partial charge >= 0.3 is 5.97 Å². The average molecular weight is 327 g/mol. The maximum Gasteiger partial charge on any atom is 0.354 e. The number of carbonyl (C=O) groups is 1. The van der Waals surface area contributed by atoms with E-state index in [0.717, 1.165) is 19.6 Å². The van der Waals surface area contributed by atoms with Gasteiger partial charge in [0.2, 0.25) is 0 Å². The average Bonchev–Trinajstić information content (AvgIpc) is 2.61. The van der Waals surface area contributed by atoms with Crippen LogP contribution < -0.4 is 5.32 Å². The van der Waals surface area contributed by atoms with Gasteiger partial charge in [-0.15, -0.1) is 0 Å². The van der Waals surface area contributed by atoms with Gasteiger partial charge in [-0.2, -0.15) is 0 Å². The number of carboxylic acids is 1. The molecule has 0 radical (unpaired) electrons. The molecule has 1 unspecified atom stereocenters. The minimum absolute atomic E-state index is 0.0373. The number of pyridine rings is 1. The number of carboxylic acid groups (broad SMARTS) is 1. The molecular formula is C18H21N3O3. The van der Waals surface area contributed by atoms with Crippen LogP contribution in [-0.2, 0) is 11.3 Å². The molecule has 1 aliphatic rings. The van der Waals surface area contributed by atoms with Gasteiger partial charge in [-0.1, -0.05) is 36.4 Å². The quantitative estimate of drug-likeness (QED) is 0.846. The zero-order chi connectivity index (χ0) is 16.8. The van der Waals surface area contributed by atoms with Crippen molar-refractivity contribution in [1.82, 2.24) is 9.88 Å². The summed E-state index contributed by atoms with van der Waals surface area (Å²) >= 11 is 0. The number of benzene rings is 1. The van der Waals surface area contributed by atoms with Gasteiger partial charge in [0.25, 0.3) is 0 Å². The van der Waals surface area contributed by atoms with Crippen molar-refractivity contribution in [3.05, 3.63) is 59.8 Å². The first-order valence-corrected chi connectivity index (χ1v) is 8.03. The Labute approximate surface area is 141 Å². The van der Waals surface area contributed by atoms with Gasteiger partial charge in [0, 0.05) is 26.2 Å². The highest BCUT2D eigenvalue weighted by atomic mass is 16.5. The molecule has 1 aromatic heterocycles. The number of hydrogen-bond acceptors (Lipinski definition) is 5. The molecule has 0 aliphatic carbocycles. The van der Waals surface area contributed by atoms with Crippen LogP contribution in [0.2, 0.25) is 0 Å². The number of nitrogens with one attached hydrogen (secondary N) is 1. The Hall–Kier alpha value is -2.44. The lowest BCUT2D eigenvalue weighted by Crippen LogP contribution is -2.44. The van der Waals surface area contributed by atoms with E-state index in [2.05, 4.69) is 39.5 Å². The van der Waals surface area contributed by atoms with E-state index in [1.807, 2.05) is 6.07 Å². The SMILES string of the molecule is O=C(O)c1cccc(NCC2CN(Cc3ccccc3)CCO2)n1. The lowest BCUT2D eigenvalue weighted by molar-refractivity contribution is -0.0240. The minimum atomic E-state index is -1.03. The summed E-state index contributed by atoms with van der Waals surface area (Å²) in [6.45, 7) is 3.95. The summed E-state index contributed by atoms with van der Waals surface area (Å²) in [6, 6.07) is 15.3. The lowest BCUT2D eigenvalue weighted by Gasteiger charge is -2.33. The van der Waals surface area contributed by atoms with E-state index >= 15 is 0 Å². The molecule has 24 heavy (non-hydrogen) atoms. The Kier molecular flexibility index (Phi) is 5.40. The Balaban J connectivity index is 1.52. The van der Waals surface area contributed by atoms with Crippen molar-refractivity contribution >= 4 is 11.8 Å². The molecule has 3 rings (SSSR count). The number of ether oxygens (including phenoxy) is 1. The molecule has 0 amide bonds. The fourth-order valence-electron chi connectivity index (χ4n) is 2.76. The van der Waals surface area contributed by atoms with Crippen LogP contribution in [-0.4, -0.2) is 53.3 Å². The van der Waals surface area contributed by atoms with Gasteiger partial charge < -0.3 is 15.2 Å². The summed E-state index contributed by atoms with van der Waals surface area (Å²) in [7, 11) is 0. The van der Waals surface area contributed by atoms with Crippen molar-refractivity contribution < 1.29 is 14.6 Å². The van der Waals surface area contributed by atoms with Crippen molar-refractivity contribution in [1.29, 1.82) is 0 Å². The van der Waals surface area contributed by atoms with E-state index in [-0.39, 0.29) is 11.8 Å². The maximum absolute atomic E-state index is 11.0. The number of aromatic carboxylic acids is 1. The van der Waals surface area contributed by atoms with E-state index in [0.29, 0.717) is 19.0 Å². The maximum atomic E-state index is 11.0. The number of nitrogens with zero attached hydrogens (tertiary/aromatic N) is 2. The fourth-order valence-corrected chi connectivity index (χ4v) is 2.76. The highest BCUT2D eigenvalue weighted by Gasteiger charge is 2.20. The first-order chi connectivity index (χ1) is 11.7. The first kappa shape index (κ1) is 16.4. The van der Waals surface area contributed by atoms with Crippen molar-refractivity contribution in [3.63, 3.8) is 0 Å². The van der Waals surface area contributed by atoms with Crippen molar-refractivity contribution in [2.75, 3.05) is 31.6 Å². The predicted molar refractivity (Wildman–Crippen MR) is 91.1 cm³/mol. The topological polar surface area (TPSA) is 74.7 Å². The smallest absolute Gasteiger partial charge is 0.354 e. The molecule has 1 saturated heterocycles. The molecular weight excluding hydrogens is 306 g/mol. The zero-order valence-electron chi connectivity index (χ0n) is 13.4. The predicted octanol–water partition coefficient (Wildman–Crippen LogP) is 2.09. The molecule has 1 atom stereocenters. The molecule has 6 nitrogen and oxygen atoms in total. The molecule has 2 aromatic rings. The molecule has 2 N–H and O–H groups in total. The molecule has 1 aliphatic heterocycles. The second kappa shape index (κ2) is 7.90. The van der Waals surface area contributed by atoms with Crippen LogP contribution in [0.5, 0.6) is 0 Å². The fraction of sp³-hybridized carbons (Fsp3) is 0.333. The molecule has 0 spiro atoms. The zero-order valence-corrected chi connectivity index (χ0v) is 13.4. The van der Waals surface area contributed by atoms with Gasteiger partial charge in [-0.3, -0.25) is 4.90 Å². The highest BCUT2D eigenvalue weighted by molar-refractivity contribution is 5.85. The van der Waals surface area contributed by atoms with Crippen LogP contribution in [0.4, 0.5) is 5.82 Å². The Bertz CT molecular complexity index is 678. The van der Waals surface area contributed by atoms with Gasteiger partial charge in [0.15, 0.2) is 5.69 Å². The van der Waals surface area contributed by atoms with E-state index in [1.54, 1.807) is 12.1 Å². The lowest BCUT2D eigenvalue weighted by atomic mass is 10.2. The largest absolute Gasteiger partial charge is 0.477 e. The molecule has 1 aromatic carbocycles. The summed E-state index contributed by atoms with van der Waals surface area (Å²) in [4.78, 5) is 17.4. The van der Waals surface area contributed by atoms with Crippen LogP contribution in [0.15, 0.2) is 48.5 Å². The van der Waals surface area contributed by atoms with Crippen molar-refractivity contribution in [2.24, 2.45) is 0 Å². The van der Waals surface area contributed by atoms with Crippen molar-refractivity contribution in [2.45, 2.75) is 12.6 Å².